The number of carbonyl (C=O) groups excluding carboxylic acids is 2. The number of hydrogen-bond donors (Lipinski definition) is 3. The van der Waals surface area contributed by atoms with Gasteiger partial charge in [0.25, 0.3) is 0 Å². The maximum Gasteiger partial charge on any atom is 0.321 e. The first-order valence-electron chi connectivity index (χ1n) is 6.22. The molecule has 0 aliphatic carbocycles. The van der Waals surface area contributed by atoms with Crippen LogP contribution in [-0.2, 0) is 9.59 Å². The third kappa shape index (κ3) is 5.83. The number of hydrogen-bond acceptors (Lipinski definition) is 4. The third-order valence-electron chi connectivity index (χ3n) is 2.70. The van der Waals surface area contributed by atoms with Gasteiger partial charge in [-0.3, -0.25) is 14.9 Å². The lowest BCUT2D eigenvalue weighted by molar-refractivity contribution is -0.138. The maximum absolute atomic E-state index is 11.6. The van der Waals surface area contributed by atoms with Crippen molar-refractivity contribution in [1.29, 1.82) is 0 Å². The Labute approximate surface area is 121 Å². The van der Waals surface area contributed by atoms with E-state index in [0.29, 0.717) is 0 Å². The van der Waals surface area contributed by atoms with Crippen molar-refractivity contribution in [2.24, 2.45) is 5.92 Å². The van der Waals surface area contributed by atoms with E-state index < -0.39 is 17.9 Å². The highest BCUT2D eigenvalue weighted by Gasteiger charge is 2.16. The SMILES string of the molecule is CC(CC(=O)O)CC(=O)NC(=O)NC(C)c1ccsc1. The summed E-state index contributed by atoms with van der Waals surface area (Å²) in [6, 6.07) is 1.13. The fourth-order valence-electron chi connectivity index (χ4n) is 1.70. The number of carboxylic acids is 1. The number of imide groups is 1. The van der Waals surface area contributed by atoms with Crippen LogP contribution in [0.1, 0.15) is 38.3 Å². The van der Waals surface area contributed by atoms with E-state index in [1.807, 2.05) is 23.8 Å². The molecular formula is C13H18N2O4S. The molecule has 3 N–H and O–H groups in total. The third-order valence-corrected chi connectivity index (χ3v) is 3.40. The Hall–Kier alpha value is -1.89. The van der Waals surface area contributed by atoms with E-state index in [1.54, 1.807) is 6.92 Å². The molecule has 2 unspecified atom stereocenters. The Kier molecular flexibility index (Phi) is 6.17. The van der Waals surface area contributed by atoms with Crippen LogP contribution in [-0.4, -0.2) is 23.0 Å². The molecule has 1 aromatic rings. The highest BCUT2D eigenvalue weighted by molar-refractivity contribution is 7.07. The van der Waals surface area contributed by atoms with E-state index in [1.165, 1.54) is 11.3 Å². The van der Waals surface area contributed by atoms with Gasteiger partial charge in [0.15, 0.2) is 0 Å². The predicted molar refractivity (Wildman–Crippen MR) is 75.4 cm³/mol. The largest absolute Gasteiger partial charge is 0.481 e. The summed E-state index contributed by atoms with van der Waals surface area (Å²) in [4.78, 5) is 33.6. The molecule has 2 atom stereocenters. The van der Waals surface area contributed by atoms with E-state index in [2.05, 4.69) is 10.6 Å². The molecule has 0 aliphatic rings. The molecule has 20 heavy (non-hydrogen) atoms. The summed E-state index contributed by atoms with van der Waals surface area (Å²) in [5, 5.41) is 17.3. The monoisotopic (exact) mass is 298 g/mol. The zero-order valence-corrected chi connectivity index (χ0v) is 12.2. The van der Waals surface area contributed by atoms with Gasteiger partial charge >= 0.3 is 12.0 Å². The Bertz CT molecular complexity index is 473. The Balaban J connectivity index is 2.34. The summed E-state index contributed by atoms with van der Waals surface area (Å²) in [5.74, 6) is -1.75. The van der Waals surface area contributed by atoms with E-state index in [9.17, 15) is 14.4 Å². The minimum atomic E-state index is -0.958. The quantitative estimate of drug-likeness (QED) is 0.749. The predicted octanol–water partition coefficient (Wildman–Crippen LogP) is 2.14. The zero-order chi connectivity index (χ0) is 15.1. The van der Waals surface area contributed by atoms with E-state index in [0.717, 1.165) is 5.56 Å². The molecule has 0 radical (unpaired) electrons. The van der Waals surface area contributed by atoms with Gasteiger partial charge < -0.3 is 10.4 Å². The molecule has 1 heterocycles. The first-order valence-corrected chi connectivity index (χ1v) is 7.17. The highest BCUT2D eigenvalue weighted by atomic mass is 32.1. The van der Waals surface area contributed by atoms with Crippen molar-refractivity contribution in [1.82, 2.24) is 10.6 Å². The standard InChI is InChI=1S/C13H18N2O4S/c1-8(6-12(17)18)5-11(16)15-13(19)14-9(2)10-3-4-20-7-10/h3-4,7-9H,5-6H2,1-2H3,(H,17,18)(H2,14,15,16,19). The van der Waals surface area contributed by atoms with Crippen LogP contribution in [0, 0.1) is 5.92 Å². The molecule has 1 rings (SSSR count). The average molecular weight is 298 g/mol. The second-order valence-corrected chi connectivity index (χ2v) is 5.49. The normalized spacial score (nSPS) is 13.3. The van der Waals surface area contributed by atoms with Crippen LogP contribution < -0.4 is 10.6 Å². The number of urea groups is 1. The molecule has 0 aromatic carbocycles. The summed E-state index contributed by atoms with van der Waals surface area (Å²) in [6.07, 6.45) is -0.0904. The molecule has 0 saturated carbocycles. The number of carbonyl (C=O) groups is 3. The van der Waals surface area contributed by atoms with Crippen molar-refractivity contribution in [2.75, 3.05) is 0 Å². The van der Waals surface area contributed by atoms with Crippen LogP contribution in [0.2, 0.25) is 0 Å². The van der Waals surface area contributed by atoms with Gasteiger partial charge in [-0.1, -0.05) is 6.92 Å². The van der Waals surface area contributed by atoms with Gasteiger partial charge in [0.05, 0.1) is 6.04 Å². The lowest BCUT2D eigenvalue weighted by Crippen LogP contribution is -2.41. The maximum atomic E-state index is 11.6. The molecule has 0 bridgehead atoms. The van der Waals surface area contributed by atoms with Crippen molar-refractivity contribution in [3.05, 3.63) is 22.4 Å². The second-order valence-electron chi connectivity index (χ2n) is 4.71. The fourth-order valence-corrected chi connectivity index (χ4v) is 2.46. The van der Waals surface area contributed by atoms with Crippen molar-refractivity contribution >= 4 is 29.2 Å². The summed E-state index contributed by atoms with van der Waals surface area (Å²) < 4.78 is 0. The molecule has 3 amide bonds. The highest BCUT2D eigenvalue weighted by Crippen LogP contribution is 2.15. The molecule has 0 fully saturated rings. The van der Waals surface area contributed by atoms with Crippen molar-refractivity contribution in [3.63, 3.8) is 0 Å². The number of amides is 3. The van der Waals surface area contributed by atoms with Gasteiger partial charge in [-0.05, 0) is 35.2 Å². The van der Waals surface area contributed by atoms with Crippen LogP contribution in [0.4, 0.5) is 4.79 Å². The van der Waals surface area contributed by atoms with E-state index >= 15 is 0 Å². The lowest BCUT2D eigenvalue weighted by atomic mass is 10.0. The number of rotatable bonds is 6. The lowest BCUT2D eigenvalue weighted by Gasteiger charge is -2.14. The van der Waals surface area contributed by atoms with Crippen molar-refractivity contribution < 1.29 is 19.5 Å². The van der Waals surface area contributed by atoms with Gasteiger partial charge in [0.1, 0.15) is 0 Å². The van der Waals surface area contributed by atoms with E-state index in [-0.39, 0.29) is 24.8 Å². The topological polar surface area (TPSA) is 95.5 Å². The van der Waals surface area contributed by atoms with Crippen molar-refractivity contribution in [3.8, 4) is 0 Å². The molecule has 7 heteroatoms. The molecule has 0 spiro atoms. The minimum Gasteiger partial charge on any atom is -0.481 e. The number of carboxylic acid groups (broad SMARTS) is 1. The Morgan fingerprint density at radius 1 is 1.30 bits per heavy atom. The fraction of sp³-hybridized carbons (Fsp3) is 0.462. The first kappa shape index (κ1) is 16.2. The van der Waals surface area contributed by atoms with Crippen molar-refractivity contribution in [2.45, 2.75) is 32.7 Å². The molecule has 6 nitrogen and oxygen atoms in total. The number of thiophene rings is 1. The van der Waals surface area contributed by atoms with Crippen LogP contribution in [0.25, 0.3) is 0 Å². The Morgan fingerprint density at radius 2 is 2.00 bits per heavy atom. The number of aliphatic carboxylic acids is 1. The van der Waals surface area contributed by atoms with Crippen LogP contribution in [0.5, 0.6) is 0 Å². The first-order chi connectivity index (χ1) is 9.38. The van der Waals surface area contributed by atoms with Crippen LogP contribution in [0.15, 0.2) is 16.8 Å². The second kappa shape index (κ2) is 7.64. The van der Waals surface area contributed by atoms with Gasteiger partial charge in [-0.2, -0.15) is 11.3 Å². The van der Waals surface area contributed by atoms with Gasteiger partial charge in [-0.25, -0.2) is 4.79 Å². The minimum absolute atomic E-state index is 0.00650. The van der Waals surface area contributed by atoms with Crippen LogP contribution >= 0.6 is 11.3 Å². The van der Waals surface area contributed by atoms with Gasteiger partial charge in [0, 0.05) is 12.8 Å². The van der Waals surface area contributed by atoms with E-state index in [4.69, 9.17) is 5.11 Å². The van der Waals surface area contributed by atoms with Crippen LogP contribution in [0.3, 0.4) is 0 Å². The smallest absolute Gasteiger partial charge is 0.321 e. The summed E-state index contributed by atoms with van der Waals surface area (Å²) in [7, 11) is 0. The number of nitrogens with one attached hydrogen (secondary N) is 2. The summed E-state index contributed by atoms with van der Waals surface area (Å²) >= 11 is 1.53. The molecule has 1 aromatic heterocycles. The molecule has 0 aliphatic heterocycles. The zero-order valence-electron chi connectivity index (χ0n) is 11.4. The molecular weight excluding hydrogens is 280 g/mol. The Morgan fingerprint density at radius 3 is 2.55 bits per heavy atom. The average Bonchev–Trinajstić information content (AvgIpc) is 2.79. The summed E-state index contributed by atoms with van der Waals surface area (Å²) in [6.45, 7) is 3.47. The molecule has 0 saturated heterocycles. The van der Waals surface area contributed by atoms with Gasteiger partial charge in [0.2, 0.25) is 5.91 Å². The molecule has 110 valence electrons. The van der Waals surface area contributed by atoms with Gasteiger partial charge in [-0.15, -0.1) is 0 Å². The summed E-state index contributed by atoms with van der Waals surface area (Å²) in [5.41, 5.74) is 0.969.